The van der Waals surface area contributed by atoms with Crippen molar-refractivity contribution in [3.8, 4) is 5.75 Å². The second-order valence-corrected chi connectivity index (χ2v) is 3.82. The van der Waals surface area contributed by atoms with Crippen LogP contribution in [0.2, 0.25) is 0 Å². The molecule has 90 valence electrons. The smallest absolute Gasteiger partial charge is 0.123 e. The molecule has 0 unspecified atom stereocenters. The molecule has 0 aliphatic heterocycles. The Balaban J connectivity index is 1.78. The minimum atomic E-state index is 0.810. The van der Waals surface area contributed by atoms with Gasteiger partial charge in [0.15, 0.2) is 0 Å². The van der Waals surface area contributed by atoms with Gasteiger partial charge in [-0.05, 0) is 18.2 Å². The highest BCUT2D eigenvalue weighted by atomic mass is 16.5. The number of hydrogen-bond acceptors (Lipinski definition) is 3. The van der Waals surface area contributed by atoms with Crippen LogP contribution in [0.3, 0.4) is 0 Å². The van der Waals surface area contributed by atoms with Gasteiger partial charge in [-0.2, -0.15) is 0 Å². The first-order valence-electron chi connectivity index (χ1n) is 5.75. The molecule has 0 amide bonds. The van der Waals surface area contributed by atoms with Crippen molar-refractivity contribution in [1.29, 1.82) is 0 Å². The Hall–Kier alpha value is -1.74. The summed E-state index contributed by atoms with van der Waals surface area (Å²) >= 11 is 0. The van der Waals surface area contributed by atoms with E-state index in [0.717, 1.165) is 31.0 Å². The SMILES string of the molecule is COc1ccccc1CNCCc1ccco1. The van der Waals surface area contributed by atoms with E-state index in [2.05, 4.69) is 11.4 Å². The van der Waals surface area contributed by atoms with Crippen LogP contribution < -0.4 is 10.1 Å². The van der Waals surface area contributed by atoms with Crippen molar-refractivity contribution < 1.29 is 9.15 Å². The molecule has 3 heteroatoms. The third kappa shape index (κ3) is 3.36. The van der Waals surface area contributed by atoms with Gasteiger partial charge in [0.05, 0.1) is 13.4 Å². The number of rotatable bonds is 6. The van der Waals surface area contributed by atoms with Crippen molar-refractivity contribution in [2.75, 3.05) is 13.7 Å². The summed E-state index contributed by atoms with van der Waals surface area (Å²) < 4.78 is 10.6. The molecule has 3 nitrogen and oxygen atoms in total. The maximum absolute atomic E-state index is 5.29. The van der Waals surface area contributed by atoms with Crippen molar-refractivity contribution in [2.45, 2.75) is 13.0 Å². The first-order chi connectivity index (χ1) is 8.40. The van der Waals surface area contributed by atoms with Crippen LogP contribution in [0.25, 0.3) is 0 Å². The van der Waals surface area contributed by atoms with Gasteiger partial charge in [-0.25, -0.2) is 0 Å². The first-order valence-corrected chi connectivity index (χ1v) is 5.75. The summed E-state index contributed by atoms with van der Waals surface area (Å²) in [7, 11) is 1.70. The highest BCUT2D eigenvalue weighted by Crippen LogP contribution is 2.16. The van der Waals surface area contributed by atoms with E-state index >= 15 is 0 Å². The third-order valence-electron chi connectivity index (χ3n) is 2.64. The van der Waals surface area contributed by atoms with Crippen molar-refractivity contribution in [3.05, 3.63) is 54.0 Å². The van der Waals surface area contributed by atoms with E-state index in [-0.39, 0.29) is 0 Å². The summed E-state index contributed by atoms with van der Waals surface area (Å²) in [5.74, 6) is 1.94. The Kier molecular flexibility index (Phi) is 4.22. The van der Waals surface area contributed by atoms with Gasteiger partial charge in [-0.3, -0.25) is 0 Å². The lowest BCUT2D eigenvalue weighted by Crippen LogP contribution is -2.16. The summed E-state index contributed by atoms with van der Waals surface area (Å²) in [6, 6.07) is 11.9. The van der Waals surface area contributed by atoms with Gasteiger partial charge in [0, 0.05) is 25.1 Å². The molecule has 0 saturated heterocycles. The standard InChI is InChI=1S/C14H17NO2/c1-16-14-7-3-2-5-12(14)11-15-9-8-13-6-4-10-17-13/h2-7,10,15H,8-9,11H2,1H3. The highest BCUT2D eigenvalue weighted by molar-refractivity contribution is 5.32. The van der Waals surface area contributed by atoms with Crippen molar-refractivity contribution in [2.24, 2.45) is 0 Å². The molecule has 0 saturated carbocycles. The minimum Gasteiger partial charge on any atom is -0.496 e. The zero-order valence-electron chi connectivity index (χ0n) is 9.98. The van der Waals surface area contributed by atoms with E-state index in [1.807, 2.05) is 30.3 Å². The van der Waals surface area contributed by atoms with Crippen LogP contribution in [-0.2, 0) is 13.0 Å². The minimum absolute atomic E-state index is 0.810. The molecular weight excluding hydrogens is 214 g/mol. The lowest BCUT2D eigenvalue weighted by molar-refractivity contribution is 0.407. The van der Waals surface area contributed by atoms with Crippen molar-refractivity contribution in [1.82, 2.24) is 5.32 Å². The molecule has 0 aliphatic carbocycles. The first kappa shape index (κ1) is 11.7. The van der Waals surface area contributed by atoms with E-state index in [1.54, 1.807) is 13.4 Å². The van der Waals surface area contributed by atoms with Gasteiger partial charge in [0.1, 0.15) is 11.5 Å². The maximum atomic E-state index is 5.29. The number of ether oxygens (including phenoxy) is 1. The summed E-state index contributed by atoms with van der Waals surface area (Å²) in [5, 5.41) is 3.37. The number of hydrogen-bond donors (Lipinski definition) is 1. The molecular formula is C14H17NO2. The molecule has 1 aromatic heterocycles. The van der Waals surface area contributed by atoms with Crippen LogP contribution in [0.5, 0.6) is 5.75 Å². The number of furan rings is 1. The molecule has 0 atom stereocenters. The summed E-state index contributed by atoms with van der Waals surface area (Å²) in [6.07, 6.45) is 2.61. The summed E-state index contributed by atoms with van der Waals surface area (Å²) in [4.78, 5) is 0. The van der Waals surface area contributed by atoms with E-state index in [1.165, 1.54) is 5.56 Å². The van der Waals surface area contributed by atoms with Crippen molar-refractivity contribution >= 4 is 0 Å². The molecule has 2 rings (SSSR count). The number of methoxy groups -OCH3 is 1. The summed E-state index contributed by atoms with van der Waals surface area (Å²) in [6.45, 7) is 1.70. The van der Waals surface area contributed by atoms with E-state index in [0.29, 0.717) is 0 Å². The van der Waals surface area contributed by atoms with Crippen LogP contribution in [0.1, 0.15) is 11.3 Å². The fourth-order valence-electron chi connectivity index (χ4n) is 1.74. The van der Waals surface area contributed by atoms with Crippen LogP contribution in [0.15, 0.2) is 47.1 Å². The zero-order chi connectivity index (χ0) is 11.9. The second kappa shape index (κ2) is 6.11. The topological polar surface area (TPSA) is 34.4 Å². The highest BCUT2D eigenvalue weighted by Gasteiger charge is 2.01. The summed E-state index contributed by atoms with van der Waals surface area (Å²) in [5.41, 5.74) is 1.18. The third-order valence-corrected chi connectivity index (χ3v) is 2.64. The molecule has 1 aromatic carbocycles. The average molecular weight is 231 g/mol. The van der Waals surface area contributed by atoms with Gasteiger partial charge < -0.3 is 14.5 Å². The van der Waals surface area contributed by atoms with Gasteiger partial charge in [0.25, 0.3) is 0 Å². The predicted octanol–water partition coefficient (Wildman–Crippen LogP) is 2.62. The van der Waals surface area contributed by atoms with Crippen LogP contribution in [0, 0.1) is 0 Å². The Labute approximate surface area is 101 Å². The normalized spacial score (nSPS) is 10.4. The molecule has 1 N–H and O–H groups in total. The number of para-hydroxylation sites is 1. The largest absolute Gasteiger partial charge is 0.496 e. The molecule has 0 spiro atoms. The van der Waals surface area contributed by atoms with Gasteiger partial charge in [-0.15, -0.1) is 0 Å². The molecule has 0 aliphatic rings. The Morgan fingerprint density at radius 3 is 2.82 bits per heavy atom. The second-order valence-electron chi connectivity index (χ2n) is 3.82. The predicted molar refractivity (Wildman–Crippen MR) is 67.1 cm³/mol. The fourth-order valence-corrected chi connectivity index (χ4v) is 1.74. The maximum Gasteiger partial charge on any atom is 0.123 e. The van der Waals surface area contributed by atoms with Gasteiger partial charge >= 0.3 is 0 Å². The van der Waals surface area contributed by atoms with Crippen LogP contribution in [-0.4, -0.2) is 13.7 Å². The van der Waals surface area contributed by atoms with Crippen molar-refractivity contribution in [3.63, 3.8) is 0 Å². The molecule has 2 aromatic rings. The molecule has 0 radical (unpaired) electrons. The Morgan fingerprint density at radius 1 is 1.18 bits per heavy atom. The quantitative estimate of drug-likeness (QED) is 0.776. The Morgan fingerprint density at radius 2 is 2.06 bits per heavy atom. The van der Waals surface area contributed by atoms with E-state index < -0.39 is 0 Å². The van der Waals surface area contributed by atoms with Gasteiger partial charge in [-0.1, -0.05) is 18.2 Å². The monoisotopic (exact) mass is 231 g/mol. The lowest BCUT2D eigenvalue weighted by Gasteiger charge is -2.08. The number of benzene rings is 1. The number of nitrogens with one attached hydrogen (secondary N) is 1. The zero-order valence-corrected chi connectivity index (χ0v) is 9.98. The molecule has 17 heavy (non-hydrogen) atoms. The van der Waals surface area contributed by atoms with Crippen LogP contribution in [0.4, 0.5) is 0 Å². The average Bonchev–Trinajstić information content (AvgIpc) is 2.88. The lowest BCUT2D eigenvalue weighted by atomic mass is 10.2. The Bertz CT molecular complexity index is 437. The molecule has 1 heterocycles. The fraction of sp³-hybridized carbons (Fsp3) is 0.286. The van der Waals surface area contributed by atoms with Crippen LogP contribution >= 0.6 is 0 Å². The molecule has 0 fully saturated rings. The molecule has 0 bridgehead atoms. The van der Waals surface area contributed by atoms with E-state index in [9.17, 15) is 0 Å². The van der Waals surface area contributed by atoms with Gasteiger partial charge in [0.2, 0.25) is 0 Å². The van der Waals surface area contributed by atoms with E-state index in [4.69, 9.17) is 9.15 Å².